The number of carbonyl (C=O) groups is 1. The molecular weight excluding hydrogens is 276 g/mol. The monoisotopic (exact) mass is 292 g/mol. The molecule has 7 heteroatoms. The number of halogens is 4. The molecule has 1 aromatic carbocycles. The van der Waals surface area contributed by atoms with Crippen LogP contribution in [0.2, 0.25) is 0 Å². The minimum absolute atomic E-state index is 0.0128. The fourth-order valence-corrected chi connectivity index (χ4v) is 1.66. The van der Waals surface area contributed by atoms with E-state index in [0.29, 0.717) is 6.54 Å². The van der Waals surface area contributed by atoms with Gasteiger partial charge in [-0.15, -0.1) is 0 Å². The van der Waals surface area contributed by atoms with Crippen LogP contribution in [0.5, 0.6) is 0 Å². The number of nitrogens with zero attached hydrogens (tertiary/aromatic N) is 1. The average Bonchev–Trinajstić information content (AvgIpc) is 2.37. The van der Waals surface area contributed by atoms with Crippen LogP contribution >= 0.6 is 0 Å². The lowest BCUT2D eigenvalue weighted by molar-refractivity contribution is -0.136. The SMILES string of the molecule is CCNc1c(F)cccc1C(=O)N(C)CCC(F)(F)F. The molecule has 1 N–H and O–H groups in total. The van der Waals surface area contributed by atoms with Crippen molar-refractivity contribution in [1.82, 2.24) is 4.90 Å². The average molecular weight is 292 g/mol. The molecule has 0 aliphatic rings. The number of benzene rings is 1. The predicted molar refractivity (Wildman–Crippen MR) is 68.2 cm³/mol. The number of hydrogen-bond acceptors (Lipinski definition) is 2. The Kier molecular flexibility index (Phi) is 5.35. The summed E-state index contributed by atoms with van der Waals surface area (Å²) < 4.78 is 50.0. The highest BCUT2D eigenvalue weighted by molar-refractivity contribution is 5.99. The molecule has 3 nitrogen and oxygen atoms in total. The van der Waals surface area contributed by atoms with Crippen LogP contribution in [-0.2, 0) is 0 Å². The first-order valence-corrected chi connectivity index (χ1v) is 6.11. The fraction of sp³-hybridized carbons (Fsp3) is 0.462. The molecule has 0 saturated heterocycles. The molecule has 112 valence electrons. The molecule has 0 atom stereocenters. The Morgan fingerprint density at radius 1 is 1.35 bits per heavy atom. The number of amides is 1. The summed E-state index contributed by atoms with van der Waals surface area (Å²) in [4.78, 5) is 13.0. The van der Waals surface area contributed by atoms with Crippen molar-refractivity contribution < 1.29 is 22.4 Å². The Balaban J connectivity index is 2.89. The summed E-state index contributed by atoms with van der Waals surface area (Å²) in [6, 6.07) is 3.92. The molecule has 0 unspecified atom stereocenters. The second-order valence-corrected chi connectivity index (χ2v) is 4.28. The van der Waals surface area contributed by atoms with Crippen LogP contribution in [0.3, 0.4) is 0 Å². The summed E-state index contributed by atoms with van der Waals surface area (Å²) in [5, 5.41) is 2.71. The molecule has 0 aliphatic carbocycles. The normalized spacial score (nSPS) is 11.3. The largest absolute Gasteiger partial charge is 0.390 e. The lowest BCUT2D eigenvalue weighted by Crippen LogP contribution is -2.31. The smallest absolute Gasteiger partial charge is 0.382 e. The molecule has 0 radical (unpaired) electrons. The maximum atomic E-state index is 13.6. The van der Waals surface area contributed by atoms with Crippen molar-refractivity contribution in [1.29, 1.82) is 0 Å². The van der Waals surface area contributed by atoms with Crippen molar-refractivity contribution in [3.63, 3.8) is 0 Å². The van der Waals surface area contributed by atoms with Crippen molar-refractivity contribution in [2.24, 2.45) is 0 Å². The summed E-state index contributed by atoms with van der Waals surface area (Å²) in [6.45, 7) is 1.66. The van der Waals surface area contributed by atoms with Crippen molar-refractivity contribution in [3.8, 4) is 0 Å². The Morgan fingerprint density at radius 3 is 2.55 bits per heavy atom. The van der Waals surface area contributed by atoms with Gasteiger partial charge in [-0.05, 0) is 19.1 Å². The molecule has 1 amide bonds. The quantitative estimate of drug-likeness (QED) is 0.845. The summed E-state index contributed by atoms with van der Waals surface area (Å²) >= 11 is 0. The molecule has 0 heterocycles. The van der Waals surface area contributed by atoms with E-state index in [0.717, 1.165) is 4.90 Å². The van der Waals surface area contributed by atoms with E-state index in [1.165, 1.54) is 25.2 Å². The van der Waals surface area contributed by atoms with Gasteiger partial charge in [0.05, 0.1) is 17.7 Å². The van der Waals surface area contributed by atoms with Gasteiger partial charge < -0.3 is 10.2 Å². The van der Waals surface area contributed by atoms with Crippen LogP contribution in [0.1, 0.15) is 23.7 Å². The molecule has 0 aromatic heterocycles. The molecule has 0 saturated carbocycles. The first kappa shape index (κ1) is 16.3. The number of para-hydroxylation sites is 1. The Bertz CT molecular complexity index is 474. The zero-order valence-corrected chi connectivity index (χ0v) is 11.2. The highest BCUT2D eigenvalue weighted by Gasteiger charge is 2.28. The summed E-state index contributed by atoms with van der Waals surface area (Å²) in [5.74, 6) is -1.26. The number of alkyl halides is 3. The number of anilines is 1. The molecule has 1 rings (SSSR count). The standard InChI is InChI=1S/C13H16F4N2O/c1-3-18-11-9(5-4-6-10(11)14)12(20)19(2)8-7-13(15,16)17/h4-6,18H,3,7-8H2,1-2H3. The molecule has 20 heavy (non-hydrogen) atoms. The van der Waals surface area contributed by atoms with Crippen LogP contribution in [0.25, 0.3) is 0 Å². The Hall–Kier alpha value is -1.79. The van der Waals surface area contributed by atoms with E-state index in [1.807, 2.05) is 0 Å². The van der Waals surface area contributed by atoms with Gasteiger partial charge in [0.1, 0.15) is 5.82 Å². The lowest BCUT2D eigenvalue weighted by Gasteiger charge is -2.20. The zero-order chi connectivity index (χ0) is 15.3. The van der Waals surface area contributed by atoms with Gasteiger partial charge in [-0.2, -0.15) is 13.2 Å². The minimum Gasteiger partial charge on any atom is -0.382 e. The van der Waals surface area contributed by atoms with Gasteiger partial charge >= 0.3 is 6.18 Å². The zero-order valence-electron chi connectivity index (χ0n) is 11.2. The van der Waals surface area contributed by atoms with E-state index in [9.17, 15) is 22.4 Å². The molecule has 0 aliphatic heterocycles. The highest BCUT2D eigenvalue weighted by Crippen LogP contribution is 2.23. The summed E-state index contributed by atoms with van der Waals surface area (Å²) in [6.07, 6.45) is -5.43. The first-order chi connectivity index (χ1) is 9.26. The fourth-order valence-electron chi connectivity index (χ4n) is 1.66. The predicted octanol–water partition coefficient (Wildman–Crippen LogP) is 3.28. The van der Waals surface area contributed by atoms with Gasteiger partial charge in [-0.25, -0.2) is 4.39 Å². The number of nitrogens with one attached hydrogen (secondary N) is 1. The van der Waals surface area contributed by atoms with E-state index in [2.05, 4.69) is 5.32 Å². The molecule has 0 bridgehead atoms. The van der Waals surface area contributed by atoms with Crippen LogP contribution < -0.4 is 5.32 Å². The van der Waals surface area contributed by atoms with E-state index in [4.69, 9.17) is 0 Å². The van der Waals surface area contributed by atoms with Gasteiger partial charge in [0.25, 0.3) is 5.91 Å². The molecule has 0 fully saturated rings. The molecular formula is C13H16F4N2O. The third-order valence-corrected chi connectivity index (χ3v) is 2.67. The molecule has 1 aromatic rings. The second kappa shape index (κ2) is 6.58. The summed E-state index contributed by atoms with van der Waals surface area (Å²) in [5.41, 5.74) is 0.0374. The third kappa shape index (κ3) is 4.40. The van der Waals surface area contributed by atoms with Crippen LogP contribution in [0.4, 0.5) is 23.2 Å². The molecule has 0 spiro atoms. The van der Waals surface area contributed by atoms with Crippen LogP contribution in [0.15, 0.2) is 18.2 Å². The number of carbonyl (C=O) groups excluding carboxylic acids is 1. The lowest BCUT2D eigenvalue weighted by atomic mass is 10.1. The van der Waals surface area contributed by atoms with Gasteiger partial charge in [-0.1, -0.05) is 6.07 Å². The van der Waals surface area contributed by atoms with Crippen LogP contribution in [-0.4, -0.2) is 37.1 Å². The van der Waals surface area contributed by atoms with Gasteiger partial charge in [-0.3, -0.25) is 4.79 Å². The topological polar surface area (TPSA) is 32.3 Å². The van der Waals surface area contributed by atoms with Crippen molar-refractivity contribution in [2.75, 3.05) is 25.5 Å². The number of hydrogen-bond donors (Lipinski definition) is 1. The van der Waals surface area contributed by atoms with E-state index >= 15 is 0 Å². The van der Waals surface area contributed by atoms with Crippen molar-refractivity contribution >= 4 is 11.6 Å². The maximum Gasteiger partial charge on any atom is 0.390 e. The summed E-state index contributed by atoms with van der Waals surface area (Å²) in [7, 11) is 1.26. The highest BCUT2D eigenvalue weighted by atomic mass is 19.4. The van der Waals surface area contributed by atoms with E-state index in [-0.39, 0.29) is 11.3 Å². The van der Waals surface area contributed by atoms with Gasteiger partial charge in [0.2, 0.25) is 0 Å². The van der Waals surface area contributed by atoms with E-state index < -0.39 is 30.9 Å². The maximum absolute atomic E-state index is 13.6. The number of rotatable bonds is 5. The van der Waals surface area contributed by atoms with Crippen molar-refractivity contribution in [3.05, 3.63) is 29.6 Å². The van der Waals surface area contributed by atoms with E-state index in [1.54, 1.807) is 6.92 Å². The van der Waals surface area contributed by atoms with Crippen LogP contribution in [0, 0.1) is 5.82 Å². The van der Waals surface area contributed by atoms with Crippen molar-refractivity contribution in [2.45, 2.75) is 19.5 Å². The Labute approximate surface area is 114 Å². The Morgan fingerprint density at radius 2 is 2.00 bits per heavy atom. The van der Waals surface area contributed by atoms with Gasteiger partial charge in [0.15, 0.2) is 0 Å². The third-order valence-electron chi connectivity index (χ3n) is 2.67. The minimum atomic E-state index is -4.33. The second-order valence-electron chi connectivity index (χ2n) is 4.28. The van der Waals surface area contributed by atoms with Gasteiger partial charge in [0, 0.05) is 20.1 Å². The first-order valence-electron chi connectivity index (χ1n) is 6.11.